The van der Waals surface area contributed by atoms with Crippen LogP contribution in [-0.4, -0.2) is 43.3 Å². The molecule has 2 aromatic rings. The Bertz CT molecular complexity index is 678. The first-order valence-corrected chi connectivity index (χ1v) is 9.01. The van der Waals surface area contributed by atoms with Gasteiger partial charge in [-0.1, -0.05) is 60.7 Å². The molecule has 1 aliphatic heterocycles. The molecule has 1 N–H and O–H groups in total. The number of benzene rings is 2. The quantitative estimate of drug-likeness (QED) is 0.865. The first-order valence-electron chi connectivity index (χ1n) is 9.01. The zero-order chi connectivity index (χ0) is 18.2. The van der Waals surface area contributed by atoms with Crippen LogP contribution in [0.1, 0.15) is 17.5 Å². The summed E-state index contributed by atoms with van der Waals surface area (Å²) in [5.74, 6) is 0. The lowest BCUT2D eigenvalue weighted by Gasteiger charge is -2.37. The Kier molecular flexibility index (Phi) is 6.63. The molecule has 0 aromatic heterocycles. The van der Waals surface area contributed by atoms with Crippen molar-refractivity contribution in [2.75, 3.05) is 20.2 Å². The molecule has 26 heavy (non-hydrogen) atoms. The normalized spacial score (nSPS) is 20.5. The number of methoxy groups -OCH3 is 1. The Balaban J connectivity index is 1.47. The van der Waals surface area contributed by atoms with E-state index in [-0.39, 0.29) is 18.8 Å². The number of hydrogen-bond acceptors (Lipinski definition) is 4. The highest BCUT2D eigenvalue weighted by molar-refractivity contribution is 5.67. The van der Waals surface area contributed by atoms with E-state index in [2.05, 4.69) is 34.5 Å². The third-order valence-corrected chi connectivity index (χ3v) is 4.71. The summed E-state index contributed by atoms with van der Waals surface area (Å²) in [6, 6.07) is 20.0. The second-order valence-electron chi connectivity index (χ2n) is 6.60. The summed E-state index contributed by atoms with van der Waals surface area (Å²) in [5.41, 5.74) is 2.26. The van der Waals surface area contributed by atoms with Gasteiger partial charge in [-0.15, -0.1) is 0 Å². The maximum absolute atomic E-state index is 12.1. The monoisotopic (exact) mass is 354 g/mol. The molecule has 1 aliphatic rings. The maximum atomic E-state index is 12.1. The van der Waals surface area contributed by atoms with Crippen LogP contribution in [0.5, 0.6) is 0 Å². The van der Waals surface area contributed by atoms with Crippen LogP contribution in [0, 0.1) is 0 Å². The molecule has 0 radical (unpaired) electrons. The second-order valence-corrected chi connectivity index (χ2v) is 6.60. The molecule has 5 nitrogen and oxygen atoms in total. The van der Waals surface area contributed by atoms with Gasteiger partial charge in [0.05, 0.1) is 12.1 Å². The molecule has 0 saturated carbocycles. The van der Waals surface area contributed by atoms with Crippen molar-refractivity contribution in [1.82, 2.24) is 10.2 Å². The predicted octanol–water partition coefficient (Wildman–Crippen LogP) is 3.20. The zero-order valence-electron chi connectivity index (χ0n) is 15.1. The summed E-state index contributed by atoms with van der Waals surface area (Å²) >= 11 is 0. The molecule has 2 atom stereocenters. The molecule has 0 bridgehead atoms. The Labute approximate surface area is 154 Å². The molecule has 0 spiro atoms. The minimum Gasteiger partial charge on any atom is -0.445 e. The van der Waals surface area contributed by atoms with Crippen LogP contribution in [-0.2, 0) is 22.6 Å². The van der Waals surface area contributed by atoms with Gasteiger partial charge in [0.2, 0.25) is 0 Å². The third kappa shape index (κ3) is 5.31. The van der Waals surface area contributed by atoms with Crippen LogP contribution >= 0.6 is 0 Å². The summed E-state index contributed by atoms with van der Waals surface area (Å²) in [7, 11) is 1.70. The number of carbonyl (C=O) groups is 1. The SMILES string of the molecule is COC1CN(Cc2ccccc2)CCC1NC(=O)OCc1ccccc1. The van der Waals surface area contributed by atoms with Gasteiger partial charge in [-0.2, -0.15) is 0 Å². The van der Waals surface area contributed by atoms with Crippen molar-refractivity contribution in [3.05, 3.63) is 71.8 Å². The molecular formula is C21H26N2O3. The lowest BCUT2D eigenvalue weighted by molar-refractivity contribution is 0.00235. The number of rotatable bonds is 6. The number of nitrogens with zero attached hydrogens (tertiary/aromatic N) is 1. The number of amides is 1. The molecule has 3 rings (SSSR count). The minimum absolute atomic E-state index is 0.0321. The zero-order valence-corrected chi connectivity index (χ0v) is 15.1. The van der Waals surface area contributed by atoms with Crippen molar-refractivity contribution >= 4 is 6.09 Å². The molecule has 5 heteroatoms. The van der Waals surface area contributed by atoms with Crippen molar-refractivity contribution in [2.24, 2.45) is 0 Å². The number of piperidine rings is 1. The summed E-state index contributed by atoms with van der Waals surface area (Å²) in [5, 5.41) is 2.96. The first-order chi connectivity index (χ1) is 12.7. The van der Waals surface area contributed by atoms with Gasteiger partial charge in [0, 0.05) is 26.7 Å². The van der Waals surface area contributed by atoms with Crippen molar-refractivity contribution in [1.29, 1.82) is 0 Å². The summed E-state index contributed by atoms with van der Waals surface area (Å²) < 4.78 is 11.0. The van der Waals surface area contributed by atoms with E-state index in [1.807, 2.05) is 36.4 Å². The fourth-order valence-corrected chi connectivity index (χ4v) is 3.29. The Morgan fingerprint density at radius 2 is 1.73 bits per heavy atom. The average molecular weight is 354 g/mol. The van der Waals surface area contributed by atoms with Crippen LogP contribution in [0.4, 0.5) is 4.79 Å². The topological polar surface area (TPSA) is 50.8 Å². The van der Waals surface area contributed by atoms with Gasteiger partial charge < -0.3 is 14.8 Å². The van der Waals surface area contributed by atoms with Gasteiger partial charge in [0.15, 0.2) is 0 Å². The van der Waals surface area contributed by atoms with Gasteiger partial charge in [-0.3, -0.25) is 4.90 Å². The standard InChI is InChI=1S/C21H26N2O3/c1-25-20-15-23(14-17-8-4-2-5-9-17)13-12-19(20)22-21(24)26-16-18-10-6-3-7-11-18/h2-11,19-20H,12-16H2,1H3,(H,22,24). The highest BCUT2D eigenvalue weighted by atomic mass is 16.5. The summed E-state index contributed by atoms with van der Waals surface area (Å²) in [6.07, 6.45) is 0.403. The smallest absolute Gasteiger partial charge is 0.407 e. The van der Waals surface area contributed by atoms with Crippen molar-refractivity contribution in [3.63, 3.8) is 0 Å². The van der Waals surface area contributed by atoms with Crippen LogP contribution in [0.2, 0.25) is 0 Å². The molecule has 138 valence electrons. The van der Waals surface area contributed by atoms with Crippen molar-refractivity contribution < 1.29 is 14.3 Å². The average Bonchev–Trinajstić information content (AvgIpc) is 2.69. The number of ether oxygens (including phenoxy) is 2. The van der Waals surface area contributed by atoms with Crippen molar-refractivity contribution in [2.45, 2.75) is 31.7 Å². The Hall–Kier alpha value is -2.37. The summed E-state index contributed by atoms with van der Waals surface area (Å²) in [4.78, 5) is 14.5. The molecule has 1 amide bonds. The highest BCUT2D eigenvalue weighted by Gasteiger charge is 2.30. The molecule has 2 unspecified atom stereocenters. The lowest BCUT2D eigenvalue weighted by Crippen LogP contribution is -2.54. The van der Waals surface area contributed by atoms with Crippen molar-refractivity contribution in [3.8, 4) is 0 Å². The first kappa shape index (κ1) is 18.4. The van der Waals surface area contributed by atoms with E-state index in [4.69, 9.17) is 9.47 Å². The Morgan fingerprint density at radius 3 is 2.38 bits per heavy atom. The van der Waals surface area contributed by atoms with E-state index in [0.29, 0.717) is 0 Å². The lowest BCUT2D eigenvalue weighted by atomic mass is 10.0. The van der Waals surface area contributed by atoms with Crippen LogP contribution in [0.3, 0.4) is 0 Å². The number of carbonyl (C=O) groups excluding carboxylic acids is 1. The van der Waals surface area contributed by atoms with E-state index >= 15 is 0 Å². The van der Waals surface area contributed by atoms with Crippen LogP contribution in [0.25, 0.3) is 0 Å². The molecule has 0 aliphatic carbocycles. The largest absolute Gasteiger partial charge is 0.445 e. The van der Waals surface area contributed by atoms with E-state index in [1.165, 1.54) is 5.56 Å². The van der Waals surface area contributed by atoms with Gasteiger partial charge >= 0.3 is 6.09 Å². The summed E-state index contributed by atoms with van der Waals surface area (Å²) in [6.45, 7) is 2.87. The molecule has 2 aromatic carbocycles. The van der Waals surface area contributed by atoms with E-state index in [9.17, 15) is 4.79 Å². The highest BCUT2D eigenvalue weighted by Crippen LogP contribution is 2.17. The number of nitrogens with one attached hydrogen (secondary N) is 1. The van der Waals surface area contributed by atoms with E-state index < -0.39 is 6.09 Å². The molecule has 1 fully saturated rings. The molecular weight excluding hydrogens is 328 g/mol. The van der Waals surface area contributed by atoms with Crippen LogP contribution < -0.4 is 5.32 Å². The van der Waals surface area contributed by atoms with Gasteiger partial charge in [-0.25, -0.2) is 4.79 Å². The molecule has 1 saturated heterocycles. The van der Waals surface area contributed by atoms with Gasteiger partial charge in [-0.05, 0) is 17.5 Å². The second kappa shape index (κ2) is 9.36. The van der Waals surface area contributed by atoms with E-state index in [0.717, 1.165) is 31.6 Å². The minimum atomic E-state index is -0.391. The Morgan fingerprint density at radius 1 is 1.08 bits per heavy atom. The fourth-order valence-electron chi connectivity index (χ4n) is 3.29. The van der Waals surface area contributed by atoms with E-state index in [1.54, 1.807) is 7.11 Å². The maximum Gasteiger partial charge on any atom is 0.407 e. The number of alkyl carbamates (subject to hydrolysis) is 1. The molecule has 1 heterocycles. The number of hydrogen-bond donors (Lipinski definition) is 1. The van der Waals surface area contributed by atoms with Gasteiger partial charge in [0.25, 0.3) is 0 Å². The van der Waals surface area contributed by atoms with Crippen LogP contribution in [0.15, 0.2) is 60.7 Å². The predicted molar refractivity (Wildman–Crippen MR) is 101 cm³/mol. The number of likely N-dealkylation sites (tertiary alicyclic amines) is 1. The third-order valence-electron chi connectivity index (χ3n) is 4.71. The fraction of sp³-hybridized carbons (Fsp3) is 0.381. The van der Waals surface area contributed by atoms with Gasteiger partial charge in [0.1, 0.15) is 6.61 Å².